The Morgan fingerprint density at radius 2 is 1.89 bits per heavy atom. The van der Waals surface area contributed by atoms with E-state index in [1.165, 1.54) is 18.3 Å². The van der Waals surface area contributed by atoms with E-state index in [0.717, 1.165) is 10.4 Å². The highest BCUT2D eigenvalue weighted by Crippen LogP contribution is 2.32. The Kier molecular flexibility index (Phi) is 5.05. The Balaban J connectivity index is 3.00. The molecule has 0 aliphatic rings. The van der Waals surface area contributed by atoms with E-state index < -0.39 is 12.0 Å². The zero-order valence-corrected chi connectivity index (χ0v) is 12.1. The number of anilines is 1. The molecule has 0 unspecified atom stereocenters. The van der Waals surface area contributed by atoms with Crippen LogP contribution in [-0.4, -0.2) is 24.5 Å². The number of ether oxygens (including phenoxy) is 1. The summed E-state index contributed by atoms with van der Waals surface area (Å²) in [4.78, 5) is 35.3. The first-order chi connectivity index (χ1) is 8.86. The molecule has 0 saturated heterocycles. The number of hydrogen-bond donors (Lipinski definition) is 2. The molecule has 0 aromatic carbocycles. The lowest BCUT2D eigenvalue weighted by Gasteiger charge is -2.06. The van der Waals surface area contributed by atoms with Crippen molar-refractivity contribution in [2.24, 2.45) is 0 Å². The van der Waals surface area contributed by atoms with Crippen LogP contribution in [0.5, 0.6) is 0 Å². The van der Waals surface area contributed by atoms with E-state index in [2.05, 4.69) is 15.4 Å². The van der Waals surface area contributed by atoms with E-state index in [4.69, 9.17) is 0 Å². The number of carbonyl (C=O) groups is 3. The van der Waals surface area contributed by atoms with Gasteiger partial charge in [0.25, 0.3) is 5.91 Å². The summed E-state index contributed by atoms with van der Waals surface area (Å²) in [7, 11) is 0. The van der Waals surface area contributed by atoms with Gasteiger partial charge in [-0.15, -0.1) is 11.3 Å². The van der Waals surface area contributed by atoms with Crippen molar-refractivity contribution >= 4 is 34.2 Å². The Morgan fingerprint density at radius 3 is 2.42 bits per heavy atom. The molecule has 6 nitrogen and oxygen atoms in total. The first kappa shape index (κ1) is 15.2. The molecule has 7 heteroatoms. The number of alkyl carbamates (subject to hydrolysis) is 1. The van der Waals surface area contributed by atoms with Gasteiger partial charge >= 0.3 is 6.09 Å². The number of amides is 3. The molecular formula is C12H16N2O4S. The maximum atomic E-state index is 12.0. The molecule has 104 valence electrons. The normalized spacial score (nSPS) is 9.89. The fourth-order valence-electron chi connectivity index (χ4n) is 1.47. The highest BCUT2D eigenvalue weighted by molar-refractivity contribution is 7.16. The summed E-state index contributed by atoms with van der Waals surface area (Å²) in [5.41, 5.74) is 1.03. The van der Waals surface area contributed by atoms with Crippen LogP contribution in [0.2, 0.25) is 0 Å². The summed E-state index contributed by atoms with van der Waals surface area (Å²) in [6, 6.07) is 0. The molecule has 0 aliphatic heterocycles. The molecule has 19 heavy (non-hydrogen) atoms. The maximum Gasteiger partial charge on any atom is 0.414 e. The second-order valence-electron chi connectivity index (χ2n) is 3.84. The third-order valence-electron chi connectivity index (χ3n) is 2.39. The van der Waals surface area contributed by atoms with Crippen molar-refractivity contribution in [3.63, 3.8) is 0 Å². The molecule has 0 aliphatic carbocycles. The quantitative estimate of drug-likeness (QED) is 0.891. The number of aryl methyl sites for hydroxylation is 1. The lowest BCUT2D eigenvalue weighted by Crippen LogP contribution is -2.31. The molecule has 1 rings (SSSR count). The van der Waals surface area contributed by atoms with Crippen molar-refractivity contribution in [3.8, 4) is 0 Å². The van der Waals surface area contributed by atoms with E-state index >= 15 is 0 Å². The predicted octanol–water partition coefficient (Wildman–Crippen LogP) is 2.21. The third kappa shape index (κ3) is 3.78. The Hall–Kier alpha value is -1.89. The number of carbonyl (C=O) groups excluding carboxylic acids is 3. The number of nitrogens with one attached hydrogen (secondary N) is 2. The van der Waals surface area contributed by atoms with Gasteiger partial charge in [0.1, 0.15) is 5.00 Å². The summed E-state index contributed by atoms with van der Waals surface area (Å²) in [5.74, 6) is -0.851. The van der Waals surface area contributed by atoms with Gasteiger partial charge in [-0.3, -0.25) is 14.9 Å². The highest BCUT2D eigenvalue weighted by atomic mass is 32.1. The molecule has 0 radical (unpaired) electrons. The van der Waals surface area contributed by atoms with Crippen molar-refractivity contribution in [2.45, 2.75) is 27.7 Å². The second-order valence-corrected chi connectivity index (χ2v) is 5.07. The fourth-order valence-corrected chi connectivity index (χ4v) is 2.57. The molecule has 0 atom stereocenters. The average Bonchev–Trinajstić information content (AvgIpc) is 2.53. The molecule has 3 amide bonds. The molecule has 0 fully saturated rings. The van der Waals surface area contributed by atoms with Gasteiger partial charge in [0.2, 0.25) is 5.91 Å². The fraction of sp³-hybridized carbons (Fsp3) is 0.417. The van der Waals surface area contributed by atoms with Gasteiger partial charge in [0, 0.05) is 11.8 Å². The monoisotopic (exact) mass is 284 g/mol. The topological polar surface area (TPSA) is 84.5 Å². The molecule has 1 heterocycles. The minimum absolute atomic E-state index is 0.180. The van der Waals surface area contributed by atoms with E-state index in [1.807, 2.05) is 6.92 Å². The average molecular weight is 284 g/mol. The molecular weight excluding hydrogens is 268 g/mol. The van der Waals surface area contributed by atoms with Crippen LogP contribution >= 0.6 is 11.3 Å². The maximum absolute atomic E-state index is 12.0. The molecule has 0 spiro atoms. The predicted molar refractivity (Wildman–Crippen MR) is 72.6 cm³/mol. The van der Waals surface area contributed by atoms with Gasteiger partial charge in [-0.1, -0.05) is 0 Å². The van der Waals surface area contributed by atoms with Gasteiger partial charge in [-0.25, -0.2) is 4.79 Å². The van der Waals surface area contributed by atoms with Crippen LogP contribution in [0.3, 0.4) is 0 Å². The van der Waals surface area contributed by atoms with Gasteiger partial charge in [-0.05, 0) is 26.3 Å². The minimum Gasteiger partial charge on any atom is -0.450 e. The molecule has 2 N–H and O–H groups in total. The van der Waals surface area contributed by atoms with Crippen molar-refractivity contribution < 1.29 is 19.1 Å². The van der Waals surface area contributed by atoms with Gasteiger partial charge in [-0.2, -0.15) is 0 Å². The summed E-state index contributed by atoms with van der Waals surface area (Å²) >= 11 is 1.29. The van der Waals surface area contributed by atoms with Crippen molar-refractivity contribution in [1.82, 2.24) is 5.32 Å². The Labute approximate surface area is 115 Å². The summed E-state index contributed by atoms with van der Waals surface area (Å²) in [6.07, 6.45) is -0.801. The summed E-state index contributed by atoms with van der Waals surface area (Å²) in [6.45, 7) is 6.78. The van der Waals surface area contributed by atoms with Crippen LogP contribution in [-0.2, 0) is 9.53 Å². The molecule has 1 aromatic heterocycles. The first-order valence-electron chi connectivity index (χ1n) is 5.72. The van der Waals surface area contributed by atoms with Crippen LogP contribution in [0, 0.1) is 13.8 Å². The van der Waals surface area contributed by atoms with Gasteiger partial charge in [0.05, 0.1) is 12.2 Å². The van der Waals surface area contributed by atoms with Crippen LogP contribution in [0.25, 0.3) is 0 Å². The zero-order valence-electron chi connectivity index (χ0n) is 11.2. The van der Waals surface area contributed by atoms with E-state index in [1.54, 1.807) is 13.8 Å². The van der Waals surface area contributed by atoms with E-state index in [0.29, 0.717) is 10.6 Å². The SMILES string of the molecule is CCOC(=O)NC(=O)c1c(NC(C)=O)sc(C)c1C. The van der Waals surface area contributed by atoms with Gasteiger partial charge < -0.3 is 10.1 Å². The lowest BCUT2D eigenvalue weighted by molar-refractivity contribution is -0.114. The summed E-state index contributed by atoms with van der Waals surface area (Å²) < 4.78 is 4.65. The highest BCUT2D eigenvalue weighted by Gasteiger charge is 2.22. The number of rotatable bonds is 3. The smallest absolute Gasteiger partial charge is 0.414 e. The van der Waals surface area contributed by atoms with Crippen LogP contribution in [0.15, 0.2) is 0 Å². The van der Waals surface area contributed by atoms with Crippen LogP contribution in [0.4, 0.5) is 9.80 Å². The van der Waals surface area contributed by atoms with Crippen molar-refractivity contribution in [2.75, 3.05) is 11.9 Å². The number of hydrogen-bond acceptors (Lipinski definition) is 5. The number of thiophene rings is 1. The van der Waals surface area contributed by atoms with Crippen molar-refractivity contribution in [1.29, 1.82) is 0 Å². The van der Waals surface area contributed by atoms with Gasteiger partial charge in [0.15, 0.2) is 0 Å². The first-order valence-corrected chi connectivity index (χ1v) is 6.54. The zero-order chi connectivity index (χ0) is 14.6. The summed E-state index contributed by atoms with van der Waals surface area (Å²) in [5, 5.41) is 5.14. The minimum atomic E-state index is -0.801. The Morgan fingerprint density at radius 1 is 1.26 bits per heavy atom. The van der Waals surface area contributed by atoms with Crippen LogP contribution in [0.1, 0.15) is 34.6 Å². The standard InChI is InChI=1S/C12H16N2O4S/c1-5-18-12(17)14-10(16)9-6(2)7(3)19-11(9)13-8(4)15/h5H2,1-4H3,(H,13,15)(H,14,16,17). The number of imide groups is 1. The largest absolute Gasteiger partial charge is 0.450 e. The van der Waals surface area contributed by atoms with Crippen LogP contribution < -0.4 is 10.6 Å². The second kappa shape index (κ2) is 6.33. The van der Waals surface area contributed by atoms with E-state index in [-0.39, 0.29) is 12.5 Å². The third-order valence-corrected chi connectivity index (χ3v) is 3.52. The molecule has 1 aromatic rings. The Bertz CT molecular complexity index is 522. The molecule has 0 saturated carbocycles. The van der Waals surface area contributed by atoms with E-state index in [9.17, 15) is 14.4 Å². The molecule has 0 bridgehead atoms. The lowest BCUT2D eigenvalue weighted by atomic mass is 10.1. The van der Waals surface area contributed by atoms with Crippen molar-refractivity contribution in [3.05, 3.63) is 16.0 Å².